The summed E-state index contributed by atoms with van der Waals surface area (Å²) in [4.78, 5) is 13.7. The summed E-state index contributed by atoms with van der Waals surface area (Å²) in [6, 6.07) is 4.94. The quantitative estimate of drug-likeness (QED) is 0.863. The third-order valence-electron chi connectivity index (χ3n) is 2.63. The molecule has 0 radical (unpaired) electrons. The molecule has 0 spiro atoms. The smallest absolute Gasteiger partial charge is 0.241 e. The Bertz CT molecular complexity index is 421. The summed E-state index contributed by atoms with van der Waals surface area (Å²) in [5.41, 5.74) is 7.32. The van der Waals surface area contributed by atoms with E-state index in [4.69, 9.17) is 17.3 Å². The van der Waals surface area contributed by atoms with E-state index < -0.39 is 6.04 Å². The van der Waals surface area contributed by atoms with Crippen LogP contribution in [0.2, 0.25) is 5.02 Å². The topological polar surface area (TPSA) is 58.4 Å². The molecule has 1 unspecified atom stereocenters. The molecule has 1 aromatic carbocycles. The van der Waals surface area contributed by atoms with Crippen LogP contribution in [-0.2, 0) is 4.79 Å². The lowest BCUT2D eigenvalue weighted by Crippen LogP contribution is -2.35. The zero-order valence-corrected chi connectivity index (χ0v) is 11.8. The van der Waals surface area contributed by atoms with E-state index in [0.29, 0.717) is 17.1 Å². The first kappa shape index (κ1) is 14.8. The van der Waals surface area contributed by atoms with Crippen molar-refractivity contribution in [2.24, 2.45) is 5.73 Å². The van der Waals surface area contributed by atoms with Gasteiger partial charge >= 0.3 is 0 Å². The fourth-order valence-electron chi connectivity index (χ4n) is 1.62. The van der Waals surface area contributed by atoms with Gasteiger partial charge in [0.15, 0.2) is 0 Å². The molecule has 0 aliphatic carbocycles. The molecule has 1 rings (SSSR count). The number of amides is 1. The Morgan fingerprint density at radius 3 is 2.67 bits per heavy atom. The van der Waals surface area contributed by atoms with Crippen LogP contribution in [-0.4, -0.2) is 26.0 Å². The number of nitrogens with two attached hydrogens (primary N) is 1. The predicted octanol–water partition coefficient (Wildman–Crippen LogP) is 2.47. The summed E-state index contributed by atoms with van der Waals surface area (Å²) in [7, 11) is 3.83. The summed E-state index contributed by atoms with van der Waals surface area (Å²) >= 11 is 6.12. The lowest BCUT2D eigenvalue weighted by atomic mass is 10.1. The first-order chi connectivity index (χ1) is 8.45. The molecule has 0 saturated heterocycles. The van der Waals surface area contributed by atoms with Gasteiger partial charge in [-0.2, -0.15) is 0 Å². The Morgan fingerprint density at radius 2 is 2.17 bits per heavy atom. The summed E-state index contributed by atoms with van der Waals surface area (Å²) in [6.07, 6.45) is 1.56. The van der Waals surface area contributed by atoms with E-state index in [0.717, 1.165) is 12.1 Å². The number of carbonyl (C=O) groups is 1. The van der Waals surface area contributed by atoms with E-state index >= 15 is 0 Å². The number of halogens is 1. The monoisotopic (exact) mass is 269 g/mol. The summed E-state index contributed by atoms with van der Waals surface area (Å²) in [5.74, 6) is -0.175. The molecule has 18 heavy (non-hydrogen) atoms. The Kier molecular flexibility index (Phi) is 5.44. The van der Waals surface area contributed by atoms with Crippen molar-refractivity contribution in [2.45, 2.75) is 25.8 Å². The second-order valence-electron chi connectivity index (χ2n) is 4.45. The number of benzene rings is 1. The first-order valence-electron chi connectivity index (χ1n) is 5.99. The average molecular weight is 270 g/mol. The van der Waals surface area contributed by atoms with Crippen molar-refractivity contribution in [3.63, 3.8) is 0 Å². The van der Waals surface area contributed by atoms with E-state index in [1.165, 1.54) is 0 Å². The van der Waals surface area contributed by atoms with Crippen molar-refractivity contribution >= 4 is 28.9 Å². The van der Waals surface area contributed by atoms with Gasteiger partial charge in [-0.25, -0.2) is 0 Å². The minimum absolute atomic E-state index is 0.175. The van der Waals surface area contributed by atoms with Gasteiger partial charge in [0, 0.05) is 19.8 Å². The molecule has 1 amide bonds. The fourth-order valence-corrected chi connectivity index (χ4v) is 1.97. The molecule has 0 heterocycles. The van der Waals surface area contributed by atoms with Crippen LogP contribution < -0.4 is 16.0 Å². The maximum atomic E-state index is 11.7. The number of hydrogen-bond donors (Lipinski definition) is 2. The van der Waals surface area contributed by atoms with E-state index in [9.17, 15) is 4.79 Å². The predicted molar refractivity (Wildman–Crippen MR) is 77.3 cm³/mol. The second-order valence-corrected chi connectivity index (χ2v) is 4.85. The van der Waals surface area contributed by atoms with E-state index in [2.05, 4.69) is 5.32 Å². The highest BCUT2D eigenvalue weighted by Crippen LogP contribution is 2.27. The molecule has 0 aliphatic heterocycles. The molecular formula is C13H20ClN3O. The molecule has 1 atom stereocenters. The standard InChI is InChI=1S/C13H20ClN3O/c1-4-5-11(15)13(18)16-9-6-7-12(17(2)3)10(14)8-9/h6-8,11H,4-5,15H2,1-3H3,(H,16,18). The normalized spacial score (nSPS) is 12.1. The number of anilines is 2. The van der Waals surface area contributed by atoms with Gasteiger partial charge in [0.1, 0.15) is 0 Å². The molecule has 3 N–H and O–H groups in total. The van der Waals surface area contributed by atoms with Crippen molar-refractivity contribution < 1.29 is 4.79 Å². The number of rotatable bonds is 5. The Morgan fingerprint density at radius 1 is 1.50 bits per heavy atom. The summed E-state index contributed by atoms with van der Waals surface area (Å²) in [5, 5.41) is 3.37. The molecule has 0 saturated carbocycles. The van der Waals surface area contributed by atoms with Crippen LogP contribution in [0.1, 0.15) is 19.8 Å². The van der Waals surface area contributed by atoms with Gasteiger partial charge in [0.05, 0.1) is 16.8 Å². The minimum Gasteiger partial charge on any atom is -0.376 e. The number of hydrogen-bond acceptors (Lipinski definition) is 3. The Balaban J connectivity index is 2.74. The van der Waals surface area contributed by atoms with Crippen LogP contribution in [0.4, 0.5) is 11.4 Å². The summed E-state index contributed by atoms with van der Waals surface area (Å²) < 4.78 is 0. The lowest BCUT2D eigenvalue weighted by Gasteiger charge is -2.16. The molecule has 5 heteroatoms. The zero-order chi connectivity index (χ0) is 13.7. The van der Waals surface area contributed by atoms with E-state index in [1.54, 1.807) is 6.07 Å². The molecule has 0 bridgehead atoms. The van der Waals surface area contributed by atoms with Gasteiger partial charge < -0.3 is 16.0 Å². The van der Waals surface area contributed by atoms with Crippen LogP contribution in [0, 0.1) is 0 Å². The van der Waals surface area contributed by atoms with Crippen molar-refractivity contribution in [3.8, 4) is 0 Å². The highest BCUT2D eigenvalue weighted by Gasteiger charge is 2.13. The van der Waals surface area contributed by atoms with Crippen molar-refractivity contribution in [3.05, 3.63) is 23.2 Å². The Hall–Kier alpha value is -1.26. The van der Waals surface area contributed by atoms with Crippen LogP contribution in [0.15, 0.2) is 18.2 Å². The maximum Gasteiger partial charge on any atom is 0.241 e. The van der Waals surface area contributed by atoms with E-state index in [-0.39, 0.29) is 5.91 Å². The number of nitrogens with zero attached hydrogens (tertiary/aromatic N) is 1. The average Bonchev–Trinajstić information content (AvgIpc) is 2.28. The van der Waals surface area contributed by atoms with Gasteiger partial charge in [-0.3, -0.25) is 4.79 Å². The first-order valence-corrected chi connectivity index (χ1v) is 6.36. The minimum atomic E-state index is -0.470. The van der Waals surface area contributed by atoms with Crippen LogP contribution >= 0.6 is 11.6 Å². The second kappa shape index (κ2) is 6.61. The number of carbonyl (C=O) groups excluding carboxylic acids is 1. The third-order valence-corrected chi connectivity index (χ3v) is 2.94. The van der Waals surface area contributed by atoms with Gasteiger partial charge in [-0.15, -0.1) is 0 Å². The summed E-state index contributed by atoms with van der Waals surface area (Å²) in [6.45, 7) is 2.00. The van der Waals surface area contributed by atoms with Crippen molar-refractivity contribution in [2.75, 3.05) is 24.3 Å². The van der Waals surface area contributed by atoms with Gasteiger partial charge in [-0.05, 0) is 24.6 Å². The molecule has 4 nitrogen and oxygen atoms in total. The van der Waals surface area contributed by atoms with Crippen LogP contribution in [0.3, 0.4) is 0 Å². The largest absolute Gasteiger partial charge is 0.376 e. The van der Waals surface area contributed by atoms with Crippen LogP contribution in [0.5, 0.6) is 0 Å². The lowest BCUT2D eigenvalue weighted by molar-refractivity contribution is -0.117. The number of nitrogens with one attached hydrogen (secondary N) is 1. The fraction of sp³-hybridized carbons (Fsp3) is 0.462. The van der Waals surface area contributed by atoms with Gasteiger partial charge in [-0.1, -0.05) is 24.9 Å². The maximum absolute atomic E-state index is 11.7. The molecule has 1 aromatic rings. The SMILES string of the molecule is CCCC(N)C(=O)Nc1ccc(N(C)C)c(Cl)c1. The molecular weight excluding hydrogens is 250 g/mol. The van der Waals surface area contributed by atoms with Crippen molar-refractivity contribution in [1.82, 2.24) is 0 Å². The molecule has 0 aromatic heterocycles. The highest BCUT2D eigenvalue weighted by molar-refractivity contribution is 6.33. The van der Waals surface area contributed by atoms with Crippen molar-refractivity contribution in [1.29, 1.82) is 0 Å². The third kappa shape index (κ3) is 3.89. The van der Waals surface area contributed by atoms with Crippen LogP contribution in [0.25, 0.3) is 0 Å². The molecule has 0 aliphatic rings. The van der Waals surface area contributed by atoms with Gasteiger partial charge in [0.2, 0.25) is 5.91 Å². The zero-order valence-electron chi connectivity index (χ0n) is 11.0. The van der Waals surface area contributed by atoms with E-state index in [1.807, 2.05) is 38.1 Å². The Labute approximate surface area is 113 Å². The molecule has 100 valence electrons. The van der Waals surface area contributed by atoms with Gasteiger partial charge in [0.25, 0.3) is 0 Å². The highest BCUT2D eigenvalue weighted by atomic mass is 35.5. The molecule has 0 fully saturated rings.